The number of anilines is 2. The Labute approximate surface area is 328 Å². The molecule has 7 heterocycles. The third-order valence-electron chi connectivity index (χ3n) is 9.50. The fourth-order valence-corrected chi connectivity index (χ4v) is 9.76. The number of fused-ring (bicyclic) bond motifs is 5. The number of H-pyrrole nitrogens is 1. The minimum atomic E-state index is -4.53. The van der Waals surface area contributed by atoms with Crippen LogP contribution in [0.25, 0.3) is 22.3 Å². The van der Waals surface area contributed by atoms with Crippen LogP contribution in [0.4, 0.5) is 16.2 Å². The van der Waals surface area contributed by atoms with E-state index in [1.165, 1.54) is 21.8 Å². The zero-order valence-corrected chi connectivity index (χ0v) is 33.4. The van der Waals surface area contributed by atoms with Gasteiger partial charge in [-0.2, -0.15) is 4.98 Å². The number of nitrogen functional groups attached to an aromatic ring is 2. The van der Waals surface area contributed by atoms with Crippen LogP contribution >= 0.6 is 38.1 Å². The molecule has 306 valence electrons. The Morgan fingerprint density at radius 2 is 1.52 bits per heavy atom. The molecule has 3 aliphatic heterocycles. The maximum atomic E-state index is 16.3. The van der Waals surface area contributed by atoms with Crippen LogP contribution < -0.4 is 17.0 Å². The Balaban J connectivity index is 1.18. The molecule has 10 atom stereocenters. The second-order valence-electron chi connectivity index (χ2n) is 13.4. The maximum Gasteiger partial charge on any atom is 0.386 e. The first-order valence-corrected chi connectivity index (χ1v) is 23.3. The summed E-state index contributed by atoms with van der Waals surface area (Å²) in [5.41, 5.74) is 11.2. The number of halogens is 1. The normalized spacial score (nSPS) is 32.5. The zero-order valence-electron chi connectivity index (χ0n) is 29.9. The molecule has 7 rings (SSSR count). The molecule has 2 bridgehead atoms. The molecule has 0 unspecified atom stereocenters. The van der Waals surface area contributed by atoms with Crippen LogP contribution in [-0.4, -0.2) is 94.9 Å². The monoisotopic (exact) mass is 862 g/mol. The summed E-state index contributed by atoms with van der Waals surface area (Å²) in [5.74, 6) is -0.845. The molecule has 0 saturated carbocycles. The molecular formula is C30H41FN10O11P2S2. The lowest BCUT2D eigenvalue weighted by atomic mass is 10.1. The Hall–Kier alpha value is -3.18. The fourth-order valence-electron chi connectivity index (χ4n) is 6.83. The van der Waals surface area contributed by atoms with Crippen LogP contribution in [0.2, 0.25) is 0 Å². The predicted molar refractivity (Wildman–Crippen MR) is 202 cm³/mol. The summed E-state index contributed by atoms with van der Waals surface area (Å²) in [6.45, 7) is -8.23. The zero-order chi connectivity index (χ0) is 39.8. The van der Waals surface area contributed by atoms with Crippen LogP contribution in [0.1, 0.15) is 70.7 Å². The minimum Gasteiger partial charge on any atom is -0.456 e. The Kier molecular flexibility index (Phi) is 12.4. The van der Waals surface area contributed by atoms with E-state index in [2.05, 4.69) is 61.3 Å². The minimum absolute atomic E-state index is 0.0322. The number of nitrogens with two attached hydrogens (primary N) is 2. The molecule has 5 N–H and O–H groups in total. The van der Waals surface area contributed by atoms with Gasteiger partial charge >= 0.3 is 19.6 Å². The van der Waals surface area contributed by atoms with Gasteiger partial charge in [0.05, 0.1) is 25.9 Å². The smallest absolute Gasteiger partial charge is 0.386 e. The number of nitrogens with zero attached hydrogens (tertiary/aromatic N) is 7. The topological polar surface area (TPSA) is 275 Å². The molecular weight excluding hydrogens is 821 g/mol. The van der Waals surface area contributed by atoms with E-state index in [-0.39, 0.29) is 40.5 Å². The summed E-state index contributed by atoms with van der Waals surface area (Å²) in [6.07, 6.45) is -1.96. The summed E-state index contributed by atoms with van der Waals surface area (Å²) >= 11 is 8.33. The van der Waals surface area contributed by atoms with Gasteiger partial charge in [-0.3, -0.25) is 41.8 Å². The quantitative estimate of drug-likeness (QED) is 0.0611. The van der Waals surface area contributed by atoms with Crippen LogP contribution in [0.15, 0.2) is 23.8 Å². The Morgan fingerprint density at radius 1 is 0.893 bits per heavy atom. The highest BCUT2D eigenvalue weighted by molar-refractivity contribution is 8.44. The first-order valence-electron chi connectivity index (χ1n) is 17.9. The van der Waals surface area contributed by atoms with Crippen molar-refractivity contribution in [3.63, 3.8) is 0 Å². The van der Waals surface area contributed by atoms with E-state index in [1.807, 2.05) is 0 Å². The van der Waals surface area contributed by atoms with Crippen LogP contribution in [0.5, 0.6) is 0 Å². The lowest BCUT2D eigenvalue weighted by Gasteiger charge is -2.27. The summed E-state index contributed by atoms with van der Waals surface area (Å²) in [7, 11) is 0. The van der Waals surface area contributed by atoms with Gasteiger partial charge in [0.25, 0.3) is 5.56 Å². The number of imidazole rings is 2. The number of aromatic amines is 1. The highest BCUT2D eigenvalue weighted by Crippen LogP contribution is 2.60. The fraction of sp³-hybridized carbons (Fsp3) is 0.633. The second kappa shape index (κ2) is 17.0. The van der Waals surface area contributed by atoms with Crippen LogP contribution in [0.3, 0.4) is 0 Å². The molecule has 3 fully saturated rings. The van der Waals surface area contributed by atoms with Gasteiger partial charge in [-0.15, -0.1) is 0 Å². The molecule has 0 radical (unpaired) electrons. The molecule has 56 heavy (non-hydrogen) atoms. The Morgan fingerprint density at radius 3 is 2.25 bits per heavy atom. The molecule has 4 aromatic heterocycles. The lowest BCUT2D eigenvalue weighted by molar-refractivity contribution is -0.156. The van der Waals surface area contributed by atoms with Gasteiger partial charge in [-0.25, -0.2) is 33.5 Å². The molecule has 0 aromatic carbocycles. The number of rotatable bonds is 11. The average Bonchev–Trinajstić information content (AvgIpc) is 3.91. The number of aromatic nitrogens is 8. The van der Waals surface area contributed by atoms with Crippen molar-refractivity contribution in [1.29, 1.82) is 0 Å². The van der Waals surface area contributed by atoms with E-state index >= 15 is 4.39 Å². The lowest BCUT2D eigenvalue weighted by Crippen LogP contribution is -2.39. The van der Waals surface area contributed by atoms with Crippen molar-refractivity contribution in [2.24, 2.45) is 0 Å². The van der Waals surface area contributed by atoms with Gasteiger partial charge in [0, 0.05) is 6.42 Å². The van der Waals surface area contributed by atoms with Gasteiger partial charge in [0.1, 0.15) is 30.2 Å². The van der Waals surface area contributed by atoms with Crippen molar-refractivity contribution in [3.05, 3.63) is 29.3 Å². The third kappa shape index (κ3) is 8.79. The molecule has 0 aliphatic carbocycles. The number of hydrogen-bond donors (Lipinski definition) is 5. The molecule has 0 spiro atoms. The number of esters is 1. The standard InChI is InChI=1S/C30H41FN10O11P2S2/c1-2-3-4-5-6-7-8-9-17(42)50-22-16-11-47-53(44,55)51-21-15(48-28(18(21)31)40-13-36-19-24(32)34-12-35-25(19)40)10-46-54(45,56)52-23(22)29(49-16)41-14-37-20-26(41)38-30(33)39-27(20)43/h12-16,18,21-23,28-29H,2-11H2,1H3,(H,44,55)(H,45,56)(H2,32,34,35)(H3,33,38,39,43)/t15-,16-,18-,21-,22-,23-,28-,29-,53-,54-/m1/s1. The SMILES string of the molecule is CCCCCCCCCC(=O)O[C@H]1[C@H]2O[P@](=O)(S)OC[C@H]3O[C@@H](n4cnc5c(N)ncnc54)[C@H](F)[C@@H]3O[P@](=O)(S)OC[C@H]1O[C@H]2n1cnc2c(=O)[nH]c(N)nc21. The van der Waals surface area contributed by atoms with Gasteiger partial charge < -0.3 is 25.7 Å². The van der Waals surface area contributed by atoms with E-state index in [0.29, 0.717) is 6.42 Å². The van der Waals surface area contributed by atoms with Crippen molar-refractivity contribution in [3.8, 4) is 0 Å². The number of nitrogens with one attached hydrogen (secondary N) is 1. The summed E-state index contributed by atoms with van der Waals surface area (Å²) in [4.78, 5) is 48.8. The molecule has 26 heteroatoms. The van der Waals surface area contributed by atoms with Crippen molar-refractivity contribution in [2.75, 3.05) is 24.7 Å². The van der Waals surface area contributed by atoms with E-state index in [0.717, 1.165) is 44.9 Å². The van der Waals surface area contributed by atoms with E-state index in [4.69, 9.17) is 43.8 Å². The predicted octanol–water partition coefficient (Wildman–Crippen LogP) is 4.20. The van der Waals surface area contributed by atoms with Crippen LogP contribution in [-0.2, 0) is 46.2 Å². The average molecular weight is 863 g/mol. The van der Waals surface area contributed by atoms with Crippen molar-refractivity contribution >= 4 is 78.2 Å². The molecule has 0 amide bonds. The number of carbonyl (C=O) groups excluding carboxylic acids is 1. The number of unbranched alkanes of at least 4 members (excludes halogenated alkanes) is 6. The second-order valence-corrected chi connectivity index (χ2v) is 19.2. The summed E-state index contributed by atoms with van der Waals surface area (Å²) < 4.78 is 87.8. The van der Waals surface area contributed by atoms with Crippen molar-refractivity contribution < 1.29 is 50.6 Å². The van der Waals surface area contributed by atoms with E-state index in [9.17, 15) is 18.7 Å². The molecule has 3 saturated heterocycles. The number of alkyl halides is 1. The summed E-state index contributed by atoms with van der Waals surface area (Å²) in [6, 6.07) is 0. The van der Waals surface area contributed by atoms with Crippen molar-refractivity contribution in [2.45, 2.75) is 107 Å². The molecule has 3 aliphatic rings. The summed E-state index contributed by atoms with van der Waals surface area (Å²) in [5, 5.41) is 0. The number of carbonyl (C=O) groups is 1. The number of hydrogen-bond acceptors (Lipinski definition) is 18. The first-order chi connectivity index (χ1) is 26.7. The van der Waals surface area contributed by atoms with E-state index < -0.39 is 87.5 Å². The highest BCUT2D eigenvalue weighted by atomic mass is 32.7. The van der Waals surface area contributed by atoms with Gasteiger partial charge in [-0.1, -0.05) is 69.9 Å². The van der Waals surface area contributed by atoms with Crippen molar-refractivity contribution in [1.82, 2.24) is 39.0 Å². The molecule has 4 aromatic rings. The maximum absolute atomic E-state index is 16.3. The van der Waals surface area contributed by atoms with Gasteiger partial charge in [0.2, 0.25) is 5.95 Å². The number of thiol groups is 2. The third-order valence-corrected chi connectivity index (χ3v) is 12.7. The van der Waals surface area contributed by atoms with Crippen LogP contribution in [0, 0.1) is 0 Å². The van der Waals surface area contributed by atoms with E-state index in [1.54, 1.807) is 0 Å². The van der Waals surface area contributed by atoms with Gasteiger partial charge in [-0.05, 0) is 6.42 Å². The Bertz CT molecular complexity index is 2220. The largest absolute Gasteiger partial charge is 0.456 e. The van der Waals surface area contributed by atoms with Gasteiger partial charge in [0.15, 0.2) is 53.5 Å². The first kappa shape index (κ1) is 41.0. The highest BCUT2D eigenvalue weighted by Gasteiger charge is 2.55. The molecule has 21 nitrogen and oxygen atoms in total. The number of ether oxygens (including phenoxy) is 3.